The molecule has 3 rings (SSSR count). The molecular weight excluding hydrogens is 272 g/mol. The Morgan fingerprint density at radius 3 is 2.75 bits per heavy atom. The summed E-state index contributed by atoms with van der Waals surface area (Å²) < 4.78 is 1.11. The molecular formula is C14H18N4OS. The second kappa shape index (κ2) is 5.38. The zero-order valence-corrected chi connectivity index (χ0v) is 12.5. The Labute approximate surface area is 122 Å². The number of anilines is 1. The number of nitrogens with zero attached hydrogens (tertiary/aromatic N) is 2. The molecule has 1 aliphatic rings. The topological polar surface area (TPSA) is 57.3 Å². The van der Waals surface area contributed by atoms with E-state index >= 15 is 0 Å². The van der Waals surface area contributed by atoms with Gasteiger partial charge in [-0.25, -0.2) is 9.78 Å². The summed E-state index contributed by atoms with van der Waals surface area (Å²) in [6, 6.07) is 4.14. The first-order valence-corrected chi connectivity index (χ1v) is 7.59. The van der Waals surface area contributed by atoms with Crippen LogP contribution in [-0.2, 0) is 0 Å². The Balaban J connectivity index is 1.78. The zero-order chi connectivity index (χ0) is 14.1. The van der Waals surface area contributed by atoms with E-state index in [1.165, 1.54) is 22.5 Å². The van der Waals surface area contributed by atoms with Crippen LogP contribution in [0.25, 0.3) is 10.2 Å². The van der Waals surface area contributed by atoms with Crippen molar-refractivity contribution < 1.29 is 4.79 Å². The third-order valence-corrected chi connectivity index (χ3v) is 4.56. The number of fused-ring (bicyclic) bond motifs is 1. The third kappa shape index (κ3) is 2.62. The smallest absolute Gasteiger partial charge is 0.322 e. The highest BCUT2D eigenvalue weighted by Gasteiger charge is 2.17. The van der Waals surface area contributed by atoms with Gasteiger partial charge in [-0.3, -0.25) is 5.32 Å². The normalized spacial score (nSPS) is 15.6. The van der Waals surface area contributed by atoms with Gasteiger partial charge in [0.25, 0.3) is 0 Å². The average molecular weight is 290 g/mol. The van der Waals surface area contributed by atoms with Gasteiger partial charge < -0.3 is 10.2 Å². The van der Waals surface area contributed by atoms with Crippen molar-refractivity contribution in [2.45, 2.75) is 13.8 Å². The van der Waals surface area contributed by atoms with E-state index in [2.05, 4.69) is 41.6 Å². The summed E-state index contributed by atoms with van der Waals surface area (Å²) in [5.74, 6) is 0. The lowest BCUT2D eigenvalue weighted by Crippen LogP contribution is -2.48. The number of aryl methyl sites for hydroxylation is 2. The fourth-order valence-electron chi connectivity index (χ4n) is 2.27. The maximum atomic E-state index is 12.1. The highest BCUT2D eigenvalue weighted by molar-refractivity contribution is 7.22. The van der Waals surface area contributed by atoms with Gasteiger partial charge in [0.15, 0.2) is 5.13 Å². The van der Waals surface area contributed by atoms with Crippen LogP contribution in [0.3, 0.4) is 0 Å². The minimum atomic E-state index is -0.0565. The molecule has 0 atom stereocenters. The van der Waals surface area contributed by atoms with E-state index in [9.17, 15) is 4.79 Å². The molecule has 2 N–H and O–H groups in total. The molecule has 1 saturated heterocycles. The van der Waals surface area contributed by atoms with Gasteiger partial charge in [0.1, 0.15) is 0 Å². The third-order valence-electron chi connectivity index (χ3n) is 3.62. The molecule has 2 amide bonds. The van der Waals surface area contributed by atoms with Crippen LogP contribution < -0.4 is 10.6 Å². The lowest BCUT2D eigenvalue weighted by Gasteiger charge is -2.26. The quantitative estimate of drug-likeness (QED) is 0.847. The highest BCUT2D eigenvalue weighted by Crippen LogP contribution is 2.28. The summed E-state index contributed by atoms with van der Waals surface area (Å²) in [5.41, 5.74) is 3.43. The molecule has 2 aromatic rings. The summed E-state index contributed by atoms with van der Waals surface area (Å²) in [6.07, 6.45) is 0. The molecule has 0 unspecified atom stereocenters. The van der Waals surface area contributed by atoms with E-state index in [0.717, 1.165) is 36.4 Å². The van der Waals surface area contributed by atoms with Gasteiger partial charge in [-0.15, -0.1) is 0 Å². The number of benzene rings is 1. The van der Waals surface area contributed by atoms with E-state index in [1.807, 2.05) is 4.90 Å². The first-order chi connectivity index (χ1) is 9.63. The van der Waals surface area contributed by atoms with Gasteiger partial charge >= 0.3 is 6.03 Å². The van der Waals surface area contributed by atoms with Gasteiger partial charge in [0.2, 0.25) is 0 Å². The molecule has 0 spiro atoms. The number of urea groups is 1. The molecule has 106 valence electrons. The van der Waals surface area contributed by atoms with Crippen LogP contribution in [-0.4, -0.2) is 42.1 Å². The highest BCUT2D eigenvalue weighted by atomic mass is 32.1. The molecule has 1 aliphatic heterocycles. The standard InChI is InChI=1S/C14H18N4OS/c1-9-7-11-12(8-10(9)2)20-13(16-11)17-14(19)18-5-3-15-4-6-18/h7-8,15H,3-6H2,1-2H3,(H,16,17,19). The maximum Gasteiger partial charge on any atom is 0.323 e. The van der Waals surface area contributed by atoms with Crippen molar-refractivity contribution >= 4 is 32.7 Å². The molecule has 0 bridgehead atoms. The Bertz CT molecular complexity index is 607. The van der Waals surface area contributed by atoms with E-state index in [-0.39, 0.29) is 6.03 Å². The second-order valence-electron chi connectivity index (χ2n) is 5.09. The molecule has 1 aromatic carbocycles. The van der Waals surface area contributed by atoms with Crippen LogP contribution in [0.15, 0.2) is 12.1 Å². The Kier molecular flexibility index (Phi) is 3.58. The number of amides is 2. The summed E-state index contributed by atoms with van der Waals surface area (Å²) in [7, 11) is 0. The van der Waals surface area contributed by atoms with Crippen molar-refractivity contribution in [1.82, 2.24) is 15.2 Å². The lowest BCUT2D eigenvalue weighted by molar-refractivity contribution is 0.204. The maximum absolute atomic E-state index is 12.1. The molecule has 1 fully saturated rings. The minimum absolute atomic E-state index is 0.0565. The van der Waals surface area contributed by atoms with E-state index in [1.54, 1.807) is 0 Å². The molecule has 2 heterocycles. The van der Waals surface area contributed by atoms with Crippen molar-refractivity contribution in [3.63, 3.8) is 0 Å². The Morgan fingerprint density at radius 2 is 2.00 bits per heavy atom. The van der Waals surface area contributed by atoms with Gasteiger partial charge in [-0.2, -0.15) is 0 Å². The predicted molar refractivity (Wildman–Crippen MR) is 82.6 cm³/mol. The van der Waals surface area contributed by atoms with Crippen LogP contribution in [0.5, 0.6) is 0 Å². The van der Waals surface area contributed by atoms with Crippen LogP contribution in [0.1, 0.15) is 11.1 Å². The van der Waals surface area contributed by atoms with Crippen LogP contribution in [0.2, 0.25) is 0 Å². The fraction of sp³-hybridized carbons (Fsp3) is 0.429. The fourth-order valence-corrected chi connectivity index (χ4v) is 3.21. The van der Waals surface area contributed by atoms with Crippen molar-refractivity contribution in [2.24, 2.45) is 0 Å². The number of hydrogen-bond donors (Lipinski definition) is 2. The van der Waals surface area contributed by atoms with E-state index in [4.69, 9.17) is 0 Å². The molecule has 6 heteroatoms. The molecule has 0 aliphatic carbocycles. The average Bonchev–Trinajstić information content (AvgIpc) is 2.81. The first kappa shape index (κ1) is 13.3. The van der Waals surface area contributed by atoms with Crippen molar-refractivity contribution in [3.05, 3.63) is 23.3 Å². The number of thiazole rings is 1. The summed E-state index contributed by atoms with van der Waals surface area (Å²) in [4.78, 5) is 18.4. The SMILES string of the molecule is Cc1cc2nc(NC(=O)N3CCNCC3)sc2cc1C. The van der Waals surface area contributed by atoms with Gasteiger partial charge in [-0.1, -0.05) is 11.3 Å². The van der Waals surface area contributed by atoms with E-state index < -0.39 is 0 Å². The number of rotatable bonds is 1. The monoisotopic (exact) mass is 290 g/mol. The van der Waals surface area contributed by atoms with Crippen molar-refractivity contribution in [3.8, 4) is 0 Å². The Hall–Kier alpha value is -1.66. The lowest BCUT2D eigenvalue weighted by atomic mass is 10.1. The molecule has 0 saturated carbocycles. The second-order valence-corrected chi connectivity index (χ2v) is 6.12. The largest absolute Gasteiger partial charge is 0.323 e. The summed E-state index contributed by atoms with van der Waals surface area (Å²) in [5, 5.41) is 6.81. The number of carbonyl (C=O) groups is 1. The van der Waals surface area contributed by atoms with Gasteiger partial charge in [0, 0.05) is 26.2 Å². The molecule has 0 radical (unpaired) electrons. The van der Waals surface area contributed by atoms with Crippen molar-refractivity contribution in [1.29, 1.82) is 0 Å². The van der Waals surface area contributed by atoms with E-state index in [0.29, 0.717) is 5.13 Å². The first-order valence-electron chi connectivity index (χ1n) is 6.78. The predicted octanol–water partition coefficient (Wildman–Crippen LogP) is 2.35. The molecule has 1 aromatic heterocycles. The molecule has 5 nitrogen and oxygen atoms in total. The Morgan fingerprint density at radius 1 is 1.30 bits per heavy atom. The zero-order valence-electron chi connectivity index (χ0n) is 11.7. The summed E-state index contributed by atoms with van der Waals surface area (Å²) >= 11 is 1.53. The number of nitrogens with one attached hydrogen (secondary N) is 2. The molecule has 20 heavy (non-hydrogen) atoms. The van der Waals surface area contributed by atoms with Gasteiger partial charge in [0.05, 0.1) is 10.2 Å². The van der Waals surface area contributed by atoms with Crippen LogP contribution >= 0.6 is 11.3 Å². The van der Waals surface area contributed by atoms with Crippen LogP contribution in [0.4, 0.5) is 9.93 Å². The number of carbonyl (C=O) groups excluding carboxylic acids is 1. The number of hydrogen-bond acceptors (Lipinski definition) is 4. The van der Waals surface area contributed by atoms with Crippen molar-refractivity contribution in [2.75, 3.05) is 31.5 Å². The number of piperazine rings is 1. The van der Waals surface area contributed by atoms with Gasteiger partial charge in [-0.05, 0) is 37.1 Å². The minimum Gasteiger partial charge on any atom is -0.322 e. The number of aromatic nitrogens is 1. The van der Waals surface area contributed by atoms with Crippen LogP contribution in [0, 0.1) is 13.8 Å². The summed E-state index contributed by atoms with van der Waals surface area (Å²) in [6.45, 7) is 7.36.